The molecule has 7 heteroatoms. The minimum Gasteiger partial charge on any atom is -0.462 e. The summed E-state index contributed by atoms with van der Waals surface area (Å²) < 4.78 is 7.23. The Bertz CT molecular complexity index is 999. The van der Waals surface area contributed by atoms with Crippen molar-refractivity contribution >= 4 is 29.5 Å². The number of hydrogen-bond donors (Lipinski definition) is 1. The van der Waals surface area contributed by atoms with E-state index < -0.39 is 5.97 Å². The van der Waals surface area contributed by atoms with Crippen LogP contribution in [0.4, 0.5) is 5.69 Å². The van der Waals surface area contributed by atoms with Crippen molar-refractivity contribution in [2.45, 2.75) is 48.1 Å². The normalized spacial score (nSPS) is 10.9. The van der Waals surface area contributed by atoms with Crippen LogP contribution in [0.25, 0.3) is 6.08 Å². The molecule has 0 spiro atoms. The van der Waals surface area contributed by atoms with Gasteiger partial charge in [-0.15, -0.1) is 0 Å². The summed E-state index contributed by atoms with van der Waals surface area (Å²) in [6, 6.07) is 6.81. The molecule has 0 aliphatic heterocycles. The smallest absolute Gasteiger partial charge is 0.340 e. The first kappa shape index (κ1) is 24.9. The van der Waals surface area contributed by atoms with Gasteiger partial charge < -0.3 is 19.5 Å². The predicted molar refractivity (Wildman–Crippen MR) is 127 cm³/mol. The topological polar surface area (TPSA) is 80.6 Å². The molecule has 2 rings (SSSR count). The first-order chi connectivity index (χ1) is 15.3. The standard InChI is InChI=1S/C25H33N3O4/c1-7-27(8-2)24(30)19-11-13-20(14-12-19)26-22(29)16-15-21-17(5)28(9-3)18(6)23(21)25(31)32-10-4/h11-16H,7-10H2,1-6H3,(H,26,29)/b16-15+. The molecule has 0 atom stereocenters. The van der Waals surface area contributed by atoms with E-state index >= 15 is 0 Å². The van der Waals surface area contributed by atoms with Crippen LogP contribution < -0.4 is 5.32 Å². The number of esters is 1. The summed E-state index contributed by atoms with van der Waals surface area (Å²) in [5.41, 5.74) is 4.04. The lowest BCUT2D eigenvalue weighted by molar-refractivity contribution is -0.111. The number of anilines is 1. The van der Waals surface area contributed by atoms with Gasteiger partial charge in [-0.05, 0) is 71.9 Å². The Morgan fingerprint density at radius 3 is 2.16 bits per heavy atom. The number of nitrogens with zero attached hydrogens (tertiary/aromatic N) is 2. The second-order valence-corrected chi connectivity index (χ2v) is 7.30. The lowest BCUT2D eigenvalue weighted by Crippen LogP contribution is -2.30. The van der Waals surface area contributed by atoms with Gasteiger partial charge in [-0.3, -0.25) is 9.59 Å². The summed E-state index contributed by atoms with van der Waals surface area (Å²) in [6.45, 7) is 13.7. The number of hydrogen-bond acceptors (Lipinski definition) is 4. The van der Waals surface area contributed by atoms with Gasteiger partial charge in [-0.25, -0.2) is 4.79 Å². The van der Waals surface area contributed by atoms with Crippen molar-refractivity contribution in [2.24, 2.45) is 0 Å². The third-order valence-electron chi connectivity index (χ3n) is 5.48. The molecule has 1 aromatic carbocycles. The van der Waals surface area contributed by atoms with Gasteiger partial charge in [0.2, 0.25) is 5.91 Å². The Morgan fingerprint density at radius 1 is 1.00 bits per heavy atom. The molecule has 0 fully saturated rings. The van der Waals surface area contributed by atoms with E-state index in [1.807, 2.05) is 39.2 Å². The van der Waals surface area contributed by atoms with Crippen LogP contribution in [0, 0.1) is 13.8 Å². The minimum absolute atomic E-state index is 0.0365. The van der Waals surface area contributed by atoms with Crippen LogP contribution in [0.3, 0.4) is 0 Å². The third kappa shape index (κ3) is 5.46. The quantitative estimate of drug-likeness (QED) is 0.463. The molecule has 0 saturated heterocycles. The zero-order valence-corrected chi connectivity index (χ0v) is 19.8. The molecule has 0 radical (unpaired) electrons. The number of aromatic nitrogens is 1. The summed E-state index contributed by atoms with van der Waals surface area (Å²) in [6.07, 6.45) is 3.05. The zero-order chi connectivity index (χ0) is 23.8. The van der Waals surface area contributed by atoms with Gasteiger partial charge in [-0.1, -0.05) is 0 Å². The van der Waals surface area contributed by atoms with Gasteiger partial charge in [0.1, 0.15) is 0 Å². The molecule has 0 aliphatic carbocycles. The molecule has 32 heavy (non-hydrogen) atoms. The summed E-state index contributed by atoms with van der Waals surface area (Å²) in [5.74, 6) is -0.761. The van der Waals surface area contributed by atoms with Gasteiger partial charge in [-0.2, -0.15) is 0 Å². The largest absolute Gasteiger partial charge is 0.462 e. The maximum absolute atomic E-state index is 12.5. The molecule has 1 N–H and O–H groups in total. The molecule has 2 aromatic rings. The highest BCUT2D eigenvalue weighted by molar-refractivity contribution is 6.04. The highest BCUT2D eigenvalue weighted by atomic mass is 16.5. The summed E-state index contributed by atoms with van der Waals surface area (Å²) in [5, 5.41) is 2.79. The van der Waals surface area contributed by atoms with Crippen molar-refractivity contribution in [3.8, 4) is 0 Å². The van der Waals surface area contributed by atoms with Crippen LogP contribution in [0.5, 0.6) is 0 Å². The fourth-order valence-electron chi connectivity index (χ4n) is 3.78. The maximum Gasteiger partial charge on any atom is 0.340 e. The van der Waals surface area contributed by atoms with E-state index in [1.165, 1.54) is 6.08 Å². The van der Waals surface area contributed by atoms with Crippen LogP contribution in [0.1, 0.15) is 65.4 Å². The zero-order valence-electron chi connectivity index (χ0n) is 19.8. The van der Waals surface area contributed by atoms with Crippen molar-refractivity contribution in [2.75, 3.05) is 25.0 Å². The molecule has 172 valence electrons. The van der Waals surface area contributed by atoms with Crippen molar-refractivity contribution in [3.63, 3.8) is 0 Å². The Balaban J connectivity index is 2.19. The molecular formula is C25H33N3O4. The Morgan fingerprint density at radius 2 is 1.62 bits per heavy atom. The molecule has 1 aromatic heterocycles. The molecular weight excluding hydrogens is 406 g/mol. The summed E-state index contributed by atoms with van der Waals surface area (Å²) in [4.78, 5) is 39.1. The number of ether oxygens (including phenoxy) is 1. The van der Waals surface area contributed by atoms with E-state index in [9.17, 15) is 14.4 Å². The van der Waals surface area contributed by atoms with Gasteiger partial charge in [0, 0.05) is 53.9 Å². The molecule has 0 saturated carbocycles. The molecule has 0 unspecified atom stereocenters. The first-order valence-electron chi connectivity index (χ1n) is 11.0. The molecule has 0 aliphatic rings. The average Bonchev–Trinajstić information content (AvgIpc) is 3.02. The van der Waals surface area contributed by atoms with Crippen LogP contribution >= 0.6 is 0 Å². The lowest BCUT2D eigenvalue weighted by atomic mass is 10.1. The van der Waals surface area contributed by atoms with Gasteiger partial charge in [0.05, 0.1) is 12.2 Å². The SMILES string of the molecule is CCOC(=O)c1c(/C=C/C(=O)Nc2ccc(C(=O)N(CC)CC)cc2)c(C)n(CC)c1C. The van der Waals surface area contributed by atoms with Crippen LogP contribution in [-0.2, 0) is 16.1 Å². The van der Waals surface area contributed by atoms with E-state index in [0.717, 1.165) is 11.4 Å². The fourth-order valence-corrected chi connectivity index (χ4v) is 3.78. The lowest BCUT2D eigenvalue weighted by Gasteiger charge is -2.18. The number of carbonyl (C=O) groups is 3. The van der Waals surface area contributed by atoms with Crippen molar-refractivity contribution < 1.29 is 19.1 Å². The van der Waals surface area contributed by atoms with Crippen molar-refractivity contribution in [3.05, 3.63) is 58.4 Å². The summed E-state index contributed by atoms with van der Waals surface area (Å²) in [7, 11) is 0. The molecule has 2 amide bonds. The van der Waals surface area contributed by atoms with Crippen LogP contribution in [-0.4, -0.2) is 46.9 Å². The van der Waals surface area contributed by atoms with E-state index in [4.69, 9.17) is 4.74 Å². The van der Waals surface area contributed by atoms with Gasteiger partial charge >= 0.3 is 5.97 Å². The van der Waals surface area contributed by atoms with E-state index in [2.05, 4.69) is 5.32 Å². The fraction of sp³-hybridized carbons (Fsp3) is 0.400. The Hall–Kier alpha value is -3.35. The van der Waals surface area contributed by atoms with Crippen molar-refractivity contribution in [1.82, 2.24) is 9.47 Å². The molecule has 0 bridgehead atoms. The van der Waals surface area contributed by atoms with Crippen LogP contribution in [0.15, 0.2) is 30.3 Å². The van der Waals surface area contributed by atoms with E-state index in [0.29, 0.717) is 42.0 Å². The van der Waals surface area contributed by atoms with E-state index in [-0.39, 0.29) is 18.4 Å². The number of carbonyl (C=O) groups excluding carboxylic acids is 3. The molecule has 1 heterocycles. The highest BCUT2D eigenvalue weighted by Gasteiger charge is 2.22. The van der Waals surface area contributed by atoms with Crippen LogP contribution in [0.2, 0.25) is 0 Å². The number of amides is 2. The number of rotatable bonds is 9. The maximum atomic E-state index is 12.5. The second-order valence-electron chi connectivity index (χ2n) is 7.30. The Labute approximate surface area is 190 Å². The third-order valence-corrected chi connectivity index (χ3v) is 5.48. The first-order valence-corrected chi connectivity index (χ1v) is 11.0. The Kier molecular flexibility index (Phi) is 8.81. The predicted octanol–water partition coefficient (Wildman–Crippen LogP) is 4.44. The minimum atomic E-state index is -0.395. The average molecular weight is 440 g/mol. The number of benzene rings is 1. The molecule has 7 nitrogen and oxygen atoms in total. The van der Waals surface area contributed by atoms with Gasteiger partial charge in [0.25, 0.3) is 5.91 Å². The van der Waals surface area contributed by atoms with Crippen molar-refractivity contribution in [1.29, 1.82) is 0 Å². The monoisotopic (exact) mass is 439 g/mol. The van der Waals surface area contributed by atoms with Gasteiger partial charge in [0.15, 0.2) is 0 Å². The second kappa shape index (κ2) is 11.3. The highest BCUT2D eigenvalue weighted by Crippen LogP contribution is 2.25. The number of nitrogens with one attached hydrogen (secondary N) is 1. The summed E-state index contributed by atoms with van der Waals surface area (Å²) >= 11 is 0. The van der Waals surface area contributed by atoms with E-state index in [1.54, 1.807) is 42.2 Å².